The molecule has 0 rings (SSSR count). The molecule has 0 aromatic carbocycles. The number of primary amides is 1. The first-order valence-corrected chi connectivity index (χ1v) is 4.42. The third kappa shape index (κ3) is 6.14. The smallest absolute Gasteiger partial charge is 0.248 e. The molecule has 0 saturated carbocycles. The normalized spacial score (nSPS) is 12.9. The zero-order valence-electron chi connectivity index (χ0n) is 8.56. The summed E-state index contributed by atoms with van der Waals surface area (Å²) in [4.78, 5) is 14.7. The fourth-order valence-electron chi connectivity index (χ4n) is 0.719. The Hall–Kier alpha value is -1.42. The number of rotatable bonds is 6. The Morgan fingerprint density at radius 2 is 2.29 bits per heavy atom. The first kappa shape index (κ1) is 12.6. The van der Waals surface area contributed by atoms with Crippen LogP contribution in [0.3, 0.4) is 0 Å². The van der Waals surface area contributed by atoms with Gasteiger partial charge in [-0.25, -0.2) is 0 Å². The molecule has 0 unspecified atom stereocenters. The average molecular weight is 196 g/mol. The molecule has 4 heteroatoms. The minimum Gasteiger partial charge on any atom is -0.366 e. The Kier molecular flexibility index (Phi) is 7.36. The van der Waals surface area contributed by atoms with Crippen molar-refractivity contribution in [1.82, 2.24) is 0 Å². The van der Waals surface area contributed by atoms with Crippen molar-refractivity contribution in [3.05, 3.63) is 23.8 Å². The first-order chi connectivity index (χ1) is 6.72. The van der Waals surface area contributed by atoms with Gasteiger partial charge >= 0.3 is 0 Å². The molecule has 0 spiro atoms. The molecule has 0 bridgehead atoms. The van der Waals surface area contributed by atoms with Gasteiger partial charge in [-0.15, -0.1) is 0 Å². The summed E-state index contributed by atoms with van der Waals surface area (Å²) in [5.74, 6) is -0.467. The number of allylic oxidation sites excluding steroid dienone is 2. The van der Waals surface area contributed by atoms with Crippen LogP contribution < -0.4 is 5.73 Å². The molecule has 0 saturated heterocycles. The van der Waals surface area contributed by atoms with Gasteiger partial charge in [-0.05, 0) is 19.9 Å². The Bertz CT molecular complexity index is 255. The van der Waals surface area contributed by atoms with Gasteiger partial charge in [0, 0.05) is 18.4 Å². The maximum Gasteiger partial charge on any atom is 0.248 e. The summed E-state index contributed by atoms with van der Waals surface area (Å²) >= 11 is 0. The number of hydrogen-bond donors (Lipinski definition) is 1. The summed E-state index contributed by atoms with van der Waals surface area (Å²) < 4.78 is 4.97. The van der Waals surface area contributed by atoms with Crippen molar-refractivity contribution in [3.8, 4) is 0 Å². The number of carbonyl (C=O) groups is 1. The van der Waals surface area contributed by atoms with E-state index in [1.807, 2.05) is 13.8 Å². The van der Waals surface area contributed by atoms with Crippen LogP contribution in [0.2, 0.25) is 0 Å². The van der Waals surface area contributed by atoms with Crippen molar-refractivity contribution >= 4 is 12.1 Å². The van der Waals surface area contributed by atoms with E-state index in [0.717, 1.165) is 0 Å². The highest BCUT2D eigenvalue weighted by Gasteiger charge is 1.96. The fourth-order valence-corrected chi connectivity index (χ4v) is 0.719. The van der Waals surface area contributed by atoms with Crippen LogP contribution in [0.1, 0.15) is 13.8 Å². The van der Waals surface area contributed by atoms with Gasteiger partial charge in [0.1, 0.15) is 6.73 Å². The monoisotopic (exact) mass is 196 g/mol. The molecule has 1 amide bonds. The summed E-state index contributed by atoms with van der Waals surface area (Å²) in [6.07, 6.45) is 6.44. The largest absolute Gasteiger partial charge is 0.366 e. The second-order valence-corrected chi connectivity index (χ2v) is 2.44. The second kappa shape index (κ2) is 8.19. The van der Waals surface area contributed by atoms with Gasteiger partial charge in [0.2, 0.25) is 5.91 Å². The number of carbonyl (C=O) groups excluding carboxylic acids is 1. The van der Waals surface area contributed by atoms with E-state index in [2.05, 4.69) is 4.99 Å². The lowest BCUT2D eigenvalue weighted by molar-refractivity contribution is -0.114. The molecule has 14 heavy (non-hydrogen) atoms. The zero-order chi connectivity index (χ0) is 10.8. The van der Waals surface area contributed by atoms with Crippen LogP contribution in [0.25, 0.3) is 0 Å². The molecule has 0 fully saturated rings. The topological polar surface area (TPSA) is 64.7 Å². The van der Waals surface area contributed by atoms with Crippen LogP contribution in [0.15, 0.2) is 28.8 Å². The summed E-state index contributed by atoms with van der Waals surface area (Å²) in [6.45, 7) is 4.63. The van der Waals surface area contributed by atoms with Crippen LogP contribution >= 0.6 is 0 Å². The molecular formula is C10H16N2O2. The predicted octanol–water partition coefficient (Wildman–Crippen LogP) is 1.04. The third-order valence-electron chi connectivity index (χ3n) is 1.36. The molecule has 0 aliphatic carbocycles. The molecule has 0 heterocycles. The maximum atomic E-state index is 10.8. The van der Waals surface area contributed by atoms with Gasteiger partial charge in [-0.3, -0.25) is 9.79 Å². The van der Waals surface area contributed by atoms with E-state index >= 15 is 0 Å². The molecule has 0 aromatic heterocycles. The zero-order valence-corrected chi connectivity index (χ0v) is 8.56. The van der Waals surface area contributed by atoms with Crippen molar-refractivity contribution in [2.24, 2.45) is 10.7 Å². The number of hydrogen-bond acceptors (Lipinski definition) is 3. The molecule has 0 atom stereocenters. The van der Waals surface area contributed by atoms with E-state index in [0.29, 0.717) is 18.9 Å². The Morgan fingerprint density at radius 1 is 1.57 bits per heavy atom. The van der Waals surface area contributed by atoms with Crippen molar-refractivity contribution in [1.29, 1.82) is 0 Å². The number of nitrogens with zero attached hydrogens (tertiary/aromatic N) is 1. The SMILES string of the molecule is C/C=C\C(=C/C=NCOCC)C(N)=O. The molecule has 0 radical (unpaired) electrons. The van der Waals surface area contributed by atoms with Crippen LogP contribution in [-0.4, -0.2) is 25.5 Å². The Morgan fingerprint density at radius 3 is 2.79 bits per heavy atom. The van der Waals surface area contributed by atoms with E-state index < -0.39 is 5.91 Å². The van der Waals surface area contributed by atoms with Gasteiger partial charge in [-0.2, -0.15) is 0 Å². The fraction of sp³-hybridized carbons (Fsp3) is 0.400. The Labute approximate surface area is 84.2 Å². The lowest BCUT2D eigenvalue weighted by Crippen LogP contribution is -2.12. The van der Waals surface area contributed by atoms with Crippen LogP contribution in [-0.2, 0) is 9.53 Å². The van der Waals surface area contributed by atoms with E-state index in [1.54, 1.807) is 18.2 Å². The van der Waals surface area contributed by atoms with Crippen molar-refractivity contribution in [2.45, 2.75) is 13.8 Å². The van der Waals surface area contributed by atoms with E-state index in [1.165, 1.54) is 6.21 Å². The molecule has 4 nitrogen and oxygen atoms in total. The molecule has 2 N–H and O–H groups in total. The number of amides is 1. The van der Waals surface area contributed by atoms with E-state index in [-0.39, 0.29) is 0 Å². The van der Waals surface area contributed by atoms with Gasteiger partial charge < -0.3 is 10.5 Å². The van der Waals surface area contributed by atoms with Gasteiger partial charge in [0.15, 0.2) is 0 Å². The van der Waals surface area contributed by atoms with Gasteiger partial charge in [-0.1, -0.05) is 12.2 Å². The third-order valence-corrected chi connectivity index (χ3v) is 1.36. The van der Waals surface area contributed by atoms with E-state index in [4.69, 9.17) is 10.5 Å². The van der Waals surface area contributed by atoms with Crippen LogP contribution in [0.4, 0.5) is 0 Å². The Balaban J connectivity index is 4.16. The highest BCUT2D eigenvalue weighted by Crippen LogP contribution is 1.93. The molecular weight excluding hydrogens is 180 g/mol. The highest BCUT2D eigenvalue weighted by atomic mass is 16.5. The summed E-state index contributed by atoms with van der Waals surface area (Å²) in [5.41, 5.74) is 5.54. The van der Waals surface area contributed by atoms with Crippen molar-refractivity contribution in [3.63, 3.8) is 0 Å². The standard InChI is InChI=1S/C10H16N2O2/c1-3-5-9(10(11)13)6-7-12-8-14-4-2/h3,5-7H,4,8H2,1-2H3,(H2,11,13)/b5-3-,9-6+,12-7?. The summed E-state index contributed by atoms with van der Waals surface area (Å²) in [5, 5.41) is 0. The average Bonchev–Trinajstić information content (AvgIpc) is 2.15. The predicted molar refractivity (Wildman–Crippen MR) is 57.1 cm³/mol. The lowest BCUT2D eigenvalue weighted by Gasteiger charge is -1.93. The maximum absolute atomic E-state index is 10.8. The number of ether oxygens (including phenoxy) is 1. The number of nitrogens with two attached hydrogens (primary N) is 1. The summed E-state index contributed by atoms with van der Waals surface area (Å²) in [7, 11) is 0. The van der Waals surface area contributed by atoms with Crippen molar-refractivity contribution in [2.75, 3.05) is 13.3 Å². The molecule has 0 aliphatic rings. The van der Waals surface area contributed by atoms with Gasteiger partial charge in [0.05, 0.1) is 0 Å². The molecule has 78 valence electrons. The van der Waals surface area contributed by atoms with Crippen molar-refractivity contribution < 1.29 is 9.53 Å². The molecule has 0 aliphatic heterocycles. The van der Waals surface area contributed by atoms with E-state index in [9.17, 15) is 4.79 Å². The minimum absolute atomic E-state index is 0.300. The number of aliphatic imine (C=N–C) groups is 1. The van der Waals surface area contributed by atoms with Crippen LogP contribution in [0.5, 0.6) is 0 Å². The van der Waals surface area contributed by atoms with Gasteiger partial charge in [0.25, 0.3) is 0 Å². The molecule has 0 aromatic rings. The first-order valence-electron chi connectivity index (χ1n) is 4.42. The second-order valence-electron chi connectivity index (χ2n) is 2.44. The minimum atomic E-state index is -0.467. The van der Waals surface area contributed by atoms with Crippen LogP contribution in [0, 0.1) is 0 Å². The lowest BCUT2D eigenvalue weighted by atomic mass is 10.2. The highest BCUT2D eigenvalue weighted by molar-refractivity contribution is 5.98. The quantitative estimate of drug-likeness (QED) is 0.298. The summed E-state index contributed by atoms with van der Waals surface area (Å²) in [6, 6.07) is 0.